The van der Waals surface area contributed by atoms with Crippen molar-refractivity contribution in [2.75, 3.05) is 6.61 Å². The summed E-state index contributed by atoms with van der Waals surface area (Å²) in [6, 6.07) is -0.645. The van der Waals surface area contributed by atoms with Crippen LogP contribution in [-0.2, 0) is 14.3 Å². The van der Waals surface area contributed by atoms with Crippen molar-refractivity contribution in [3.05, 3.63) is 12.2 Å². The van der Waals surface area contributed by atoms with Crippen molar-refractivity contribution in [2.24, 2.45) is 11.7 Å². The Bertz CT molecular complexity index is 250. The van der Waals surface area contributed by atoms with Crippen LogP contribution in [0.25, 0.3) is 0 Å². The molecule has 0 aromatic heterocycles. The first-order valence-corrected chi connectivity index (χ1v) is 4.80. The van der Waals surface area contributed by atoms with E-state index in [4.69, 9.17) is 15.6 Å². The van der Waals surface area contributed by atoms with Gasteiger partial charge in [-0.1, -0.05) is 20.3 Å². The van der Waals surface area contributed by atoms with Crippen LogP contribution in [0, 0.1) is 5.92 Å². The molecule has 2 atom stereocenters. The predicted molar refractivity (Wildman–Crippen MR) is 55.2 cm³/mol. The fourth-order valence-corrected chi connectivity index (χ4v) is 0.862. The van der Waals surface area contributed by atoms with Gasteiger partial charge >= 0.3 is 11.9 Å². The molecule has 0 unspecified atom stereocenters. The molecule has 3 N–H and O–H groups in total. The van der Waals surface area contributed by atoms with Gasteiger partial charge in [-0.2, -0.15) is 0 Å². The maximum Gasteiger partial charge on any atom is 0.328 e. The molecule has 0 rings (SSSR count). The van der Waals surface area contributed by atoms with Crippen LogP contribution in [0.15, 0.2) is 12.2 Å². The van der Waals surface area contributed by atoms with Crippen LogP contribution >= 0.6 is 0 Å². The van der Waals surface area contributed by atoms with Gasteiger partial charge in [-0.15, -0.1) is 0 Å². The third-order valence-corrected chi connectivity index (χ3v) is 2.11. The lowest BCUT2D eigenvalue weighted by Gasteiger charge is -2.15. The molecule has 0 aliphatic carbocycles. The highest BCUT2D eigenvalue weighted by molar-refractivity contribution is 5.80. The number of rotatable bonds is 6. The minimum absolute atomic E-state index is 0.0564. The van der Waals surface area contributed by atoms with Crippen molar-refractivity contribution >= 4 is 11.9 Å². The number of aliphatic carboxylic acids is 1. The van der Waals surface area contributed by atoms with Gasteiger partial charge in [0.05, 0.1) is 0 Å². The van der Waals surface area contributed by atoms with Gasteiger partial charge in [0.15, 0.2) is 0 Å². The Morgan fingerprint density at radius 2 is 2.13 bits per heavy atom. The minimum Gasteiger partial charge on any atom is -0.478 e. The van der Waals surface area contributed by atoms with E-state index in [1.165, 1.54) is 6.08 Å². The number of hydrogen-bond donors (Lipinski definition) is 2. The second-order valence-corrected chi connectivity index (χ2v) is 3.28. The van der Waals surface area contributed by atoms with Gasteiger partial charge in [-0.25, -0.2) is 4.79 Å². The standard InChI is InChI=1S/C10H17NO4/c1-3-7(2)9(11)10(14)15-6-4-5-8(12)13/h4-5,7,9H,3,6,11H2,1-2H3,(H,12,13)/t7-,9-/m0/s1. The molecular weight excluding hydrogens is 198 g/mol. The Morgan fingerprint density at radius 1 is 1.53 bits per heavy atom. The van der Waals surface area contributed by atoms with Gasteiger partial charge in [0.1, 0.15) is 12.6 Å². The number of ether oxygens (including phenoxy) is 1. The number of carboxylic acid groups (broad SMARTS) is 1. The van der Waals surface area contributed by atoms with Gasteiger partial charge in [0, 0.05) is 6.08 Å². The van der Waals surface area contributed by atoms with Crippen LogP contribution < -0.4 is 5.73 Å². The van der Waals surface area contributed by atoms with E-state index >= 15 is 0 Å². The van der Waals surface area contributed by atoms with Gasteiger partial charge in [-0.3, -0.25) is 4.79 Å². The van der Waals surface area contributed by atoms with E-state index < -0.39 is 18.0 Å². The molecule has 0 fully saturated rings. The van der Waals surface area contributed by atoms with Crippen molar-refractivity contribution in [3.63, 3.8) is 0 Å². The fraction of sp³-hybridized carbons (Fsp3) is 0.600. The number of carbonyl (C=O) groups excluding carboxylic acids is 1. The van der Waals surface area contributed by atoms with Crippen molar-refractivity contribution in [1.82, 2.24) is 0 Å². The number of esters is 1. The van der Waals surface area contributed by atoms with E-state index in [1.807, 2.05) is 13.8 Å². The van der Waals surface area contributed by atoms with Crippen LogP contribution in [0.1, 0.15) is 20.3 Å². The minimum atomic E-state index is -1.07. The first-order valence-electron chi connectivity index (χ1n) is 4.80. The summed E-state index contributed by atoms with van der Waals surface area (Å²) in [5.74, 6) is -1.52. The summed E-state index contributed by atoms with van der Waals surface area (Å²) < 4.78 is 4.76. The summed E-state index contributed by atoms with van der Waals surface area (Å²) in [6.45, 7) is 3.73. The van der Waals surface area contributed by atoms with Crippen LogP contribution in [0.4, 0.5) is 0 Å². The molecule has 86 valence electrons. The largest absolute Gasteiger partial charge is 0.478 e. The van der Waals surface area contributed by atoms with Gasteiger partial charge in [0.25, 0.3) is 0 Å². The number of carbonyl (C=O) groups is 2. The van der Waals surface area contributed by atoms with E-state index in [2.05, 4.69) is 0 Å². The zero-order valence-corrected chi connectivity index (χ0v) is 8.97. The summed E-state index contributed by atoms with van der Waals surface area (Å²) >= 11 is 0. The first kappa shape index (κ1) is 13.6. The number of hydrogen-bond acceptors (Lipinski definition) is 4. The highest BCUT2D eigenvalue weighted by atomic mass is 16.5. The topological polar surface area (TPSA) is 89.6 Å². The van der Waals surface area contributed by atoms with Crippen LogP contribution in [-0.4, -0.2) is 29.7 Å². The van der Waals surface area contributed by atoms with Gasteiger partial charge < -0.3 is 15.6 Å². The second kappa shape index (κ2) is 7.00. The molecule has 0 amide bonds. The lowest BCUT2D eigenvalue weighted by molar-refractivity contribution is -0.145. The smallest absolute Gasteiger partial charge is 0.328 e. The third kappa shape index (κ3) is 5.85. The first-order chi connectivity index (χ1) is 6.99. The monoisotopic (exact) mass is 215 g/mol. The van der Waals surface area contributed by atoms with Crippen molar-refractivity contribution in [1.29, 1.82) is 0 Å². The molecule has 0 saturated carbocycles. The molecule has 5 heteroatoms. The van der Waals surface area contributed by atoms with Gasteiger partial charge in [-0.05, 0) is 12.0 Å². The van der Waals surface area contributed by atoms with Crippen LogP contribution in [0.2, 0.25) is 0 Å². The molecule has 0 aliphatic rings. The number of nitrogens with two attached hydrogens (primary N) is 1. The predicted octanol–water partition coefficient (Wildman–Crippen LogP) is 0.544. The molecule has 0 heterocycles. The summed E-state index contributed by atoms with van der Waals surface area (Å²) in [5, 5.41) is 8.26. The molecular formula is C10H17NO4. The van der Waals surface area contributed by atoms with Crippen molar-refractivity contribution < 1.29 is 19.4 Å². The average Bonchev–Trinajstić information content (AvgIpc) is 2.21. The SMILES string of the molecule is CC[C@H](C)[C@H](N)C(=O)OCC=CC(=O)O. The van der Waals surface area contributed by atoms with E-state index in [-0.39, 0.29) is 12.5 Å². The summed E-state index contributed by atoms with van der Waals surface area (Å²) in [5.41, 5.74) is 5.60. The van der Waals surface area contributed by atoms with Crippen LogP contribution in [0.3, 0.4) is 0 Å². The quantitative estimate of drug-likeness (QED) is 0.498. The summed E-state index contributed by atoms with van der Waals surface area (Å²) in [4.78, 5) is 21.3. The highest BCUT2D eigenvalue weighted by Gasteiger charge is 2.20. The van der Waals surface area contributed by atoms with Crippen LogP contribution in [0.5, 0.6) is 0 Å². The van der Waals surface area contributed by atoms with E-state index in [9.17, 15) is 9.59 Å². The molecule has 0 saturated heterocycles. The second-order valence-electron chi connectivity index (χ2n) is 3.28. The molecule has 0 spiro atoms. The summed E-state index contributed by atoms with van der Waals surface area (Å²) in [6.07, 6.45) is 2.97. The normalized spacial score (nSPS) is 14.9. The zero-order chi connectivity index (χ0) is 11.8. The maximum absolute atomic E-state index is 11.3. The van der Waals surface area contributed by atoms with Gasteiger partial charge in [0.2, 0.25) is 0 Å². The zero-order valence-electron chi connectivity index (χ0n) is 8.97. The molecule has 0 bridgehead atoms. The molecule has 5 nitrogen and oxygen atoms in total. The molecule has 0 aromatic rings. The number of carboxylic acids is 1. The van der Waals surface area contributed by atoms with E-state index in [0.29, 0.717) is 0 Å². The molecule has 0 aliphatic heterocycles. The Labute approximate surface area is 88.9 Å². The van der Waals surface area contributed by atoms with Crippen molar-refractivity contribution in [2.45, 2.75) is 26.3 Å². The molecule has 0 radical (unpaired) electrons. The Morgan fingerprint density at radius 3 is 2.60 bits per heavy atom. The maximum atomic E-state index is 11.3. The Balaban J connectivity index is 3.88. The lowest BCUT2D eigenvalue weighted by Crippen LogP contribution is -2.38. The lowest BCUT2D eigenvalue weighted by atomic mass is 10.0. The third-order valence-electron chi connectivity index (χ3n) is 2.11. The van der Waals surface area contributed by atoms with E-state index in [1.54, 1.807) is 0 Å². The molecule has 15 heavy (non-hydrogen) atoms. The Hall–Kier alpha value is -1.36. The molecule has 0 aromatic carbocycles. The summed E-state index contributed by atoms with van der Waals surface area (Å²) in [7, 11) is 0. The Kier molecular flexibility index (Phi) is 6.37. The fourth-order valence-electron chi connectivity index (χ4n) is 0.862. The highest BCUT2D eigenvalue weighted by Crippen LogP contribution is 2.06. The van der Waals surface area contributed by atoms with Crippen molar-refractivity contribution in [3.8, 4) is 0 Å². The average molecular weight is 215 g/mol. The van der Waals surface area contributed by atoms with E-state index in [0.717, 1.165) is 12.5 Å².